The molecule has 2 aliphatic heterocycles. The Hall–Kier alpha value is -3.49. The zero-order chi connectivity index (χ0) is 24.4. The van der Waals surface area contributed by atoms with Gasteiger partial charge in [0.2, 0.25) is 0 Å². The number of fused-ring (bicyclic) bond motifs is 1. The Bertz CT molecular complexity index is 1180. The fraction of sp³-hybridized carbons (Fsp3) is 0.370. The number of likely N-dealkylation sites (N-methyl/N-ethyl adjacent to an activating group) is 1. The van der Waals surface area contributed by atoms with Crippen molar-refractivity contribution in [3.8, 4) is 0 Å². The molecule has 3 heterocycles. The lowest BCUT2D eigenvalue weighted by Gasteiger charge is -2.34. The van der Waals surface area contributed by atoms with Crippen LogP contribution in [0.5, 0.6) is 0 Å². The van der Waals surface area contributed by atoms with E-state index in [0.29, 0.717) is 24.3 Å². The minimum absolute atomic E-state index is 0.0213. The Morgan fingerprint density at radius 1 is 1.00 bits per heavy atom. The summed E-state index contributed by atoms with van der Waals surface area (Å²) in [6.45, 7) is 4.92. The van der Waals surface area contributed by atoms with Crippen LogP contribution in [0.4, 0.5) is 5.69 Å². The molecule has 1 N–H and O–H groups in total. The third-order valence-electron chi connectivity index (χ3n) is 7.00. The fourth-order valence-corrected chi connectivity index (χ4v) is 4.85. The van der Waals surface area contributed by atoms with E-state index in [2.05, 4.69) is 27.0 Å². The number of piperazine rings is 1. The van der Waals surface area contributed by atoms with E-state index in [1.165, 1.54) is 0 Å². The second kappa shape index (κ2) is 10.0. The summed E-state index contributed by atoms with van der Waals surface area (Å²) < 4.78 is 5.52. The van der Waals surface area contributed by atoms with Gasteiger partial charge in [-0.2, -0.15) is 5.10 Å². The number of ketones is 1. The van der Waals surface area contributed by atoms with Gasteiger partial charge >= 0.3 is 0 Å². The summed E-state index contributed by atoms with van der Waals surface area (Å²) >= 11 is 0. The third kappa shape index (κ3) is 4.85. The fourth-order valence-electron chi connectivity index (χ4n) is 4.85. The van der Waals surface area contributed by atoms with Gasteiger partial charge in [0.25, 0.3) is 5.91 Å². The molecule has 8 heteroatoms. The van der Waals surface area contributed by atoms with E-state index in [9.17, 15) is 9.59 Å². The number of H-pyrrole nitrogens is 1. The first-order valence-electron chi connectivity index (χ1n) is 12.0. The summed E-state index contributed by atoms with van der Waals surface area (Å²) in [5.74, 6) is -0.0758. The zero-order valence-electron chi connectivity index (χ0n) is 20.2. The van der Waals surface area contributed by atoms with Crippen LogP contribution in [0.15, 0.2) is 54.6 Å². The monoisotopic (exact) mass is 473 g/mol. The number of nitrogens with one attached hydrogen (secondary N) is 1. The van der Waals surface area contributed by atoms with E-state index < -0.39 is 6.10 Å². The lowest BCUT2D eigenvalue weighted by molar-refractivity contribution is -0.143. The lowest BCUT2D eigenvalue weighted by Crippen LogP contribution is -2.44. The minimum Gasteiger partial charge on any atom is -0.369 e. The highest BCUT2D eigenvalue weighted by Gasteiger charge is 2.33. The van der Waals surface area contributed by atoms with E-state index in [1.807, 2.05) is 54.6 Å². The molecule has 1 saturated heterocycles. The molecule has 0 aliphatic carbocycles. The molecule has 1 atom stereocenters. The molecule has 1 aromatic heterocycles. The molecule has 1 amide bonds. The van der Waals surface area contributed by atoms with Crippen molar-refractivity contribution < 1.29 is 14.3 Å². The molecular formula is C27H31N5O3. The molecule has 0 unspecified atom stereocenters. The molecule has 0 radical (unpaired) electrons. The molecule has 1 fully saturated rings. The first-order valence-corrected chi connectivity index (χ1v) is 12.0. The van der Waals surface area contributed by atoms with E-state index in [4.69, 9.17) is 4.74 Å². The van der Waals surface area contributed by atoms with Gasteiger partial charge in [-0.3, -0.25) is 14.7 Å². The van der Waals surface area contributed by atoms with Crippen molar-refractivity contribution in [2.24, 2.45) is 0 Å². The maximum atomic E-state index is 13.2. The van der Waals surface area contributed by atoms with Crippen LogP contribution < -0.4 is 4.90 Å². The van der Waals surface area contributed by atoms with Crippen molar-refractivity contribution in [2.75, 3.05) is 45.2 Å². The number of rotatable bonds is 7. The van der Waals surface area contributed by atoms with E-state index >= 15 is 0 Å². The zero-order valence-corrected chi connectivity index (χ0v) is 20.2. The van der Waals surface area contributed by atoms with Crippen LogP contribution in [-0.2, 0) is 29.0 Å². The van der Waals surface area contributed by atoms with Crippen molar-refractivity contribution in [1.82, 2.24) is 20.0 Å². The highest BCUT2D eigenvalue weighted by molar-refractivity contribution is 5.97. The van der Waals surface area contributed by atoms with Gasteiger partial charge in [-0.05, 0) is 36.9 Å². The highest BCUT2D eigenvalue weighted by Crippen LogP contribution is 2.29. The smallest absolute Gasteiger partial charge is 0.256 e. The van der Waals surface area contributed by atoms with Crippen molar-refractivity contribution in [3.05, 3.63) is 82.7 Å². The Labute approximate surface area is 205 Å². The summed E-state index contributed by atoms with van der Waals surface area (Å²) in [6, 6.07) is 17.4. The van der Waals surface area contributed by atoms with Gasteiger partial charge in [0.05, 0.1) is 24.4 Å². The molecule has 2 aromatic carbocycles. The summed E-state index contributed by atoms with van der Waals surface area (Å²) in [5.41, 5.74) is 5.17. The molecule has 2 aliphatic rings. The third-order valence-corrected chi connectivity index (χ3v) is 7.00. The van der Waals surface area contributed by atoms with Crippen LogP contribution >= 0.6 is 0 Å². The summed E-state index contributed by atoms with van der Waals surface area (Å²) in [6.07, 6.45) is -0.453. The van der Waals surface area contributed by atoms with Crippen LogP contribution in [0.2, 0.25) is 0 Å². The quantitative estimate of drug-likeness (QED) is 0.532. The molecular weight excluding hydrogens is 442 g/mol. The molecule has 0 spiro atoms. The number of ether oxygens (including phenoxy) is 1. The molecule has 0 saturated carbocycles. The second-order valence-corrected chi connectivity index (χ2v) is 9.29. The second-order valence-electron chi connectivity index (χ2n) is 9.29. The summed E-state index contributed by atoms with van der Waals surface area (Å²) in [4.78, 5) is 32.6. The number of nitrogens with zero attached hydrogens (tertiary/aromatic N) is 4. The first kappa shape index (κ1) is 23.3. The molecule has 8 nitrogen and oxygen atoms in total. The summed E-state index contributed by atoms with van der Waals surface area (Å²) in [7, 11) is 3.69. The van der Waals surface area contributed by atoms with E-state index in [0.717, 1.165) is 48.7 Å². The summed E-state index contributed by atoms with van der Waals surface area (Å²) in [5, 5.41) is 7.42. The average Bonchev–Trinajstić information content (AvgIpc) is 3.48. The number of Topliss-reactive ketones (excluding diaryl/α,β-unsaturated/α-hetero) is 1. The van der Waals surface area contributed by atoms with Gasteiger partial charge in [-0.1, -0.05) is 30.3 Å². The lowest BCUT2D eigenvalue weighted by atomic mass is 10.0. The standard InChI is InChI=1S/C27H31N5O3/c1-30-12-14-31(15-13-30)21-10-8-19(9-11-21)25(33)16-23-22-17-32(18-24(22)29-28-23)27(34)26(35-2)20-6-4-3-5-7-20/h3-11,26H,12-18H2,1-2H3,(H,28,29)/t26-/m1/s1. The number of aromatic amines is 1. The molecule has 182 valence electrons. The number of hydrogen-bond acceptors (Lipinski definition) is 6. The SMILES string of the molecule is CO[C@@H](C(=O)N1Cc2[nH]nc(CC(=O)c3ccc(N4CCN(C)CC4)cc3)c2C1)c1ccccc1. The number of methoxy groups -OCH3 is 1. The van der Waals surface area contributed by atoms with Gasteiger partial charge in [0.15, 0.2) is 11.9 Å². The van der Waals surface area contributed by atoms with E-state index in [-0.39, 0.29) is 18.1 Å². The van der Waals surface area contributed by atoms with Crippen molar-refractivity contribution in [2.45, 2.75) is 25.6 Å². The number of amides is 1. The van der Waals surface area contributed by atoms with Crippen LogP contribution in [-0.4, -0.2) is 72.0 Å². The number of anilines is 1. The molecule has 5 rings (SSSR count). The Morgan fingerprint density at radius 3 is 2.40 bits per heavy atom. The number of aromatic nitrogens is 2. The van der Waals surface area contributed by atoms with Gasteiger partial charge < -0.3 is 19.4 Å². The van der Waals surface area contributed by atoms with Gasteiger partial charge in [0, 0.05) is 56.6 Å². The number of hydrogen-bond donors (Lipinski definition) is 1. The molecule has 3 aromatic rings. The first-order chi connectivity index (χ1) is 17.0. The molecule has 0 bridgehead atoms. The van der Waals surface area contributed by atoms with Crippen LogP contribution in [0.1, 0.15) is 39.0 Å². The Morgan fingerprint density at radius 2 is 1.71 bits per heavy atom. The number of carbonyl (C=O) groups excluding carboxylic acids is 2. The topological polar surface area (TPSA) is 81.8 Å². The predicted molar refractivity (Wildman–Crippen MR) is 133 cm³/mol. The highest BCUT2D eigenvalue weighted by atomic mass is 16.5. The average molecular weight is 474 g/mol. The van der Waals surface area contributed by atoms with Crippen LogP contribution in [0.3, 0.4) is 0 Å². The van der Waals surface area contributed by atoms with Gasteiger partial charge in [0.1, 0.15) is 0 Å². The minimum atomic E-state index is -0.655. The normalized spacial score (nSPS) is 16.9. The maximum Gasteiger partial charge on any atom is 0.256 e. The van der Waals surface area contributed by atoms with Crippen LogP contribution in [0.25, 0.3) is 0 Å². The molecule has 35 heavy (non-hydrogen) atoms. The predicted octanol–water partition coefficient (Wildman–Crippen LogP) is 2.82. The van der Waals surface area contributed by atoms with Crippen molar-refractivity contribution >= 4 is 17.4 Å². The largest absolute Gasteiger partial charge is 0.369 e. The number of benzene rings is 2. The van der Waals surface area contributed by atoms with Crippen molar-refractivity contribution in [3.63, 3.8) is 0 Å². The van der Waals surface area contributed by atoms with Gasteiger partial charge in [-0.25, -0.2) is 0 Å². The van der Waals surface area contributed by atoms with Gasteiger partial charge in [-0.15, -0.1) is 0 Å². The Balaban J connectivity index is 1.23. The number of carbonyl (C=O) groups is 2. The Kier molecular flexibility index (Phi) is 6.66. The maximum absolute atomic E-state index is 13.2. The van der Waals surface area contributed by atoms with E-state index in [1.54, 1.807) is 12.0 Å². The van der Waals surface area contributed by atoms with Crippen molar-refractivity contribution in [1.29, 1.82) is 0 Å². The van der Waals surface area contributed by atoms with Crippen LogP contribution in [0, 0.1) is 0 Å².